The Labute approximate surface area is 156 Å². The summed E-state index contributed by atoms with van der Waals surface area (Å²) in [5, 5.41) is 11.6. The van der Waals surface area contributed by atoms with Crippen molar-refractivity contribution < 1.29 is 14.4 Å². The molecule has 0 aromatic carbocycles. The maximum Gasteiger partial charge on any atom is 0.220 e. The summed E-state index contributed by atoms with van der Waals surface area (Å²) < 4.78 is 0. The zero-order valence-corrected chi connectivity index (χ0v) is 16.0. The average Bonchev–Trinajstić information content (AvgIpc) is 2.82. The zero-order valence-electron chi connectivity index (χ0n) is 15.2. The van der Waals surface area contributed by atoms with E-state index in [1.165, 1.54) is 45.4 Å². The van der Waals surface area contributed by atoms with Crippen LogP contribution in [0.3, 0.4) is 0 Å². The number of amides is 3. The van der Waals surface area contributed by atoms with Crippen molar-refractivity contribution in [3.63, 3.8) is 0 Å². The second kappa shape index (κ2) is 15.0. The summed E-state index contributed by atoms with van der Waals surface area (Å²) in [5.41, 5.74) is 0. The number of halogens is 1. The summed E-state index contributed by atoms with van der Waals surface area (Å²) in [6.45, 7) is 3.58. The first-order valence-corrected chi connectivity index (χ1v) is 9.09. The summed E-state index contributed by atoms with van der Waals surface area (Å²) in [6, 6.07) is 0.582. The Hall–Kier alpha value is -1.34. The molecule has 7 nitrogen and oxygen atoms in total. The molecule has 1 aliphatic carbocycles. The number of carbonyl (C=O) groups excluding carboxylic acids is 3. The molecule has 0 heterocycles. The first kappa shape index (κ1) is 23.7. The normalized spacial score (nSPS) is 14.8. The second-order valence-electron chi connectivity index (χ2n) is 6.33. The van der Waals surface area contributed by atoms with E-state index in [0.717, 1.165) is 6.54 Å². The molecule has 3 amide bonds. The van der Waals surface area contributed by atoms with Gasteiger partial charge >= 0.3 is 0 Å². The van der Waals surface area contributed by atoms with Gasteiger partial charge in [-0.15, -0.1) is 12.4 Å². The van der Waals surface area contributed by atoms with E-state index in [-0.39, 0.29) is 43.0 Å². The van der Waals surface area contributed by atoms with Gasteiger partial charge in [-0.2, -0.15) is 0 Å². The van der Waals surface area contributed by atoms with E-state index in [1.807, 2.05) is 0 Å². The Kier molecular flexibility index (Phi) is 14.2. The molecule has 0 radical (unpaired) electrons. The number of hydrogen-bond acceptors (Lipinski definition) is 4. The van der Waals surface area contributed by atoms with Gasteiger partial charge in [0.2, 0.25) is 17.7 Å². The minimum absolute atomic E-state index is 0. The molecule has 0 aliphatic heterocycles. The van der Waals surface area contributed by atoms with Crippen LogP contribution in [0.25, 0.3) is 0 Å². The fraction of sp³-hybridized carbons (Fsp3) is 0.824. The minimum Gasteiger partial charge on any atom is -0.355 e. The predicted molar refractivity (Wildman–Crippen MR) is 101 cm³/mol. The van der Waals surface area contributed by atoms with Crippen LogP contribution in [-0.2, 0) is 14.4 Å². The molecular formula is C17H33ClN4O3. The molecule has 0 aromatic heterocycles. The maximum absolute atomic E-state index is 11.7. The molecule has 1 fully saturated rings. The van der Waals surface area contributed by atoms with E-state index in [9.17, 15) is 14.4 Å². The van der Waals surface area contributed by atoms with E-state index >= 15 is 0 Å². The van der Waals surface area contributed by atoms with Crippen LogP contribution in [0.2, 0.25) is 0 Å². The molecule has 4 N–H and O–H groups in total. The van der Waals surface area contributed by atoms with Crippen LogP contribution in [0, 0.1) is 0 Å². The van der Waals surface area contributed by atoms with Gasteiger partial charge in [0.05, 0.1) is 0 Å². The van der Waals surface area contributed by atoms with E-state index in [0.29, 0.717) is 25.7 Å². The van der Waals surface area contributed by atoms with E-state index in [4.69, 9.17) is 0 Å². The van der Waals surface area contributed by atoms with Gasteiger partial charge in [0.15, 0.2) is 0 Å². The molecule has 1 saturated carbocycles. The van der Waals surface area contributed by atoms with Gasteiger partial charge in [0, 0.05) is 52.0 Å². The standard InChI is InChI=1S/C17H32N4O3.ClH/c1-14(22)18-10-12-20-16(23)8-9-17(24)21-13-11-19-15-6-4-2-3-5-7-15;/h15,19H,2-13H2,1H3,(H,18,22)(H,20,23)(H,21,24);1H. The summed E-state index contributed by atoms with van der Waals surface area (Å²) in [7, 11) is 0. The van der Waals surface area contributed by atoms with Crippen molar-refractivity contribution in [2.24, 2.45) is 0 Å². The van der Waals surface area contributed by atoms with E-state index in [2.05, 4.69) is 21.3 Å². The first-order chi connectivity index (χ1) is 11.6. The fourth-order valence-corrected chi connectivity index (χ4v) is 2.81. The van der Waals surface area contributed by atoms with Crippen LogP contribution in [0.15, 0.2) is 0 Å². The lowest BCUT2D eigenvalue weighted by atomic mass is 10.1. The highest BCUT2D eigenvalue weighted by molar-refractivity contribution is 5.85. The first-order valence-electron chi connectivity index (χ1n) is 9.09. The van der Waals surface area contributed by atoms with Crippen LogP contribution in [0.1, 0.15) is 58.3 Å². The molecule has 25 heavy (non-hydrogen) atoms. The summed E-state index contributed by atoms with van der Waals surface area (Å²) in [5.74, 6) is -0.400. The van der Waals surface area contributed by atoms with Crippen LogP contribution in [0.5, 0.6) is 0 Å². The molecule has 1 aliphatic rings. The monoisotopic (exact) mass is 376 g/mol. The van der Waals surface area contributed by atoms with Gasteiger partial charge in [-0.05, 0) is 12.8 Å². The van der Waals surface area contributed by atoms with E-state index < -0.39 is 0 Å². The van der Waals surface area contributed by atoms with Gasteiger partial charge in [-0.1, -0.05) is 25.7 Å². The lowest BCUT2D eigenvalue weighted by Gasteiger charge is -2.16. The van der Waals surface area contributed by atoms with Crippen molar-refractivity contribution in [3.05, 3.63) is 0 Å². The number of rotatable bonds is 10. The highest BCUT2D eigenvalue weighted by Crippen LogP contribution is 2.16. The molecule has 0 spiro atoms. The Morgan fingerprint density at radius 3 is 1.76 bits per heavy atom. The van der Waals surface area contributed by atoms with Gasteiger partial charge < -0.3 is 21.3 Å². The van der Waals surface area contributed by atoms with Gasteiger partial charge in [0.1, 0.15) is 0 Å². The minimum atomic E-state index is -0.174. The quantitative estimate of drug-likeness (QED) is 0.336. The molecule has 0 atom stereocenters. The molecular weight excluding hydrogens is 344 g/mol. The van der Waals surface area contributed by atoms with Gasteiger partial charge in [-0.3, -0.25) is 14.4 Å². The Morgan fingerprint density at radius 2 is 1.24 bits per heavy atom. The summed E-state index contributed by atoms with van der Waals surface area (Å²) >= 11 is 0. The third-order valence-corrected chi connectivity index (χ3v) is 4.14. The van der Waals surface area contributed by atoms with Gasteiger partial charge in [0.25, 0.3) is 0 Å². The van der Waals surface area contributed by atoms with Crippen molar-refractivity contribution in [1.29, 1.82) is 0 Å². The number of nitrogens with one attached hydrogen (secondary N) is 4. The number of carbonyl (C=O) groups is 3. The van der Waals surface area contributed by atoms with Crippen LogP contribution < -0.4 is 21.3 Å². The summed E-state index contributed by atoms with van der Waals surface area (Å²) in [4.78, 5) is 33.9. The SMILES string of the molecule is CC(=O)NCCNC(=O)CCC(=O)NCCNC1CCCCCC1.Cl. The average molecular weight is 377 g/mol. The second-order valence-corrected chi connectivity index (χ2v) is 6.33. The fourth-order valence-electron chi connectivity index (χ4n) is 2.81. The van der Waals surface area contributed by atoms with Crippen molar-refractivity contribution in [3.8, 4) is 0 Å². The van der Waals surface area contributed by atoms with Crippen molar-refractivity contribution in [2.45, 2.75) is 64.3 Å². The smallest absolute Gasteiger partial charge is 0.220 e. The lowest BCUT2D eigenvalue weighted by Crippen LogP contribution is -2.37. The molecule has 0 aromatic rings. The third-order valence-electron chi connectivity index (χ3n) is 4.14. The van der Waals surface area contributed by atoms with Crippen LogP contribution in [-0.4, -0.2) is 49.9 Å². The Morgan fingerprint density at radius 1 is 0.760 bits per heavy atom. The summed E-state index contributed by atoms with van der Waals surface area (Å²) in [6.07, 6.45) is 8.07. The lowest BCUT2D eigenvalue weighted by molar-refractivity contribution is -0.126. The van der Waals surface area contributed by atoms with Crippen molar-refractivity contribution in [2.75, 3.05) is 26.2 Å². The predicted octanol–water partition coefficient (Wildman–Crippen LogP) is 0.869. The molecule has 8 heteroatoms. The topological polar surface area (TPSA) is 99.3 Å². The Balaban J connectivity index is 0.00000576. The highest BCUT2D eigenvalue weighted by Gasteiger charge is 2.11. The van der Waals surface area contributed by atoms with Crippen molar-refractivity contribution >= 4 is 30.1 Å². The highest BCUT2D eigenvalue weighted by atomic mass is 35.5. The number of hydrogen-bond donors (Lipinski definition) is 4. The molecule has 0 saturated heterocycles. The molecule has 0 bridgehead atoms. The maximum atomic E-state index is 11.7. The third kappa shape index (κ3) is 13.6. The van der Waals surface area contributed by atoms with Gasteiger partial charge in [-0.25, -0.2) is 0 Å². The van der Waals surface area contributed by atoms with Crippen LogP contribution >= 0.6 is 12.4 Å². The zero-order chi connectivity index (χ0) is 17.6. The molecule has 146 valence electrons. The Bertz CT molecular complexity index is 399. The largest absolute Gasteiger partial charge is 0.355 e. The molecule has 1 rings (SSSR count). The van der Waals surface area contributed by atoms with Crippen molar-refractivity contribution in [1.82, 2.24) is 21.3 Å². The molecule has 0 unspecified atom stereocenters. The van der Waals surface area contributed by atoms with E-state index in [1.54, 1.807) is 0 Å². The van der Waals surface area contributed by atoms with Crippen LogP contribution in [0.4, 0.5) is 0 Å².